The number of fused-ring (bicyclic) bond motifs is 19. The van der Waals surface area contributed by atoms with Gasteiger partial charge >= 0.3 is 0 Å². The summed E-state index contributed by atoms with van der Waals surface area (Å²) in [7, 11) is 0. The van der Waals surface area contributed by atoms with Gasteiger partial charge in [0.1, 0.15) is 11.2 Å². The lowest BCUT2D eigenvalue weighted by atomic mass is 9.80. The first-order valence-corrected chi connectivity index (χ1v) is 42.1. The molecule has 0 aliphatic heterocycles. The van der Waals surface area contributed by atoms with Crippen LogP contribution in [0.3, 0.4) is 0 Å². The molecule has 0 bridgehead atoms. The minimum absolute atomic E-state index is 0.150. The number of hydrogen-bond donors (Lipinski definition) is 0. The van der Waals surface area contributed by atoms with Gasteiger partial charge in [-0.25, -0.2) is 0 Å². The van der Waals surface area contributed by atoms with E-state index in [4.69, 9.17) is 4.42 Å². The van der Waals surface area contributed by atoms with Gasteiger partial charge in [0.15, 0.2) is 0 Å². The third-order valence-corrected chi connectivity index (χ3v) is 24.6. The topological polar surface area (TPSA) is 116 Å². The zero-order chi connectivity index (χ0) is 85.6. The van der Waals surface area contributed by atoms with Gasteiger partial charge in [0.2, 0.25) is 0 Å². The molecule has 4 aliphatic rings. The van der Waals surface area contributed by atoms with E-state index in [-0.39, 0.29) is 21.7 Å². The van der Waals surface area contributed by atoms with E-state index in [1.807, 2.05) is 131 Å². The van der Waals surface area contributed by atoms with Gasteiger partial charge in [-0.2, -0.15) is 0 Å². The average molecular weight is 1590 g/mol. The molecule has 0 spiro atoms. The molecule has 0 saturated heterocycles. The van der Waals surface area contributed by atoms with Crippen molar-refractivity contribution < 1.29 is 4.42 Å². The highest BCUT2D eigenvalue weighted by molar-refractivity contribution is 6.05. The first-order valence-electron chi connectivity index (χ1n) is 42.1. The van der Waals surface area contributed by atoms with Crippen molar-refractivity contribution in [3.63, 3.8) is 0 Å². The number of furan rings is 1. The van der Waals surface area contributed by atoms with E-state index in [0.29, 0.717) is 0 Å². The Kier molecular flexibility index (Phi) is 24.1. The van der Waals surface area contributed by atoms with Crippen LogP contribution in [-0.2, 0) is 21.7 Å². The monoisotopic (exact) mass is 1590 g/mol. The SMILES string of the molecule is Cc1ccc2c(c1)-c1ccccc1C2(C)C.Cc1ccc2c(c1)C(C)(C)c1ccccc1-2.Cc1ccc2oc3ccccc3c2c1.Cc1cccc2c1-c1ccccc1C2(C)C.Cc1cccc2c1C(C)(C)c1ccccc1-2.Cc1nccc2cccnc12.Cc1nccc2ccncc12.Cc1nccc2cnccc12.Cc1nccc2ncccc12. The predicted octanol–water partition coefficient (Wildman–Crippen LogP) is 28.9. The average Bonchev–Trinajstić information content (AvgIpc) is 1.59. The van der Waals surface area contributed by atoms with Gasteiger partial charge in [-0.3, -0.25) is 39.9 Å². The van der Waals surface area contributed by atoms with E-state index < -0.39 is 0 Å². The Balaban J connectivity index is 0.000000107. The molecule has 0 N–H and O–H groups in total. The number of aryl methyl sites for hydroxylation is 9. The number of nitrogens with zero attached hydrogens (tertiary/aromatic N) is 8. The maximum Gasteiger partial charge on any atom is 0.135 e. The Hall–Kier alpha value is -13.8. The van der Waals surface area contributed by atoms with Crippen molar-refractivity contribution in [2.24, 2.45) is 0 Å². The smallest absolute Gasteiger partial charge is 0.135 e. The van der Waals surface area contributed by atoms with Gasteiger partial charge in [0.25, 0.3) is 0 Å². The number of aromatic nitrogens is 8. The lowest BCUT2D eigenvalue weighted by Crippen LogP contribution is -2.16. The molecule has 0 unspecified atom stereocenters. The lowest BCUT2D eigenvalue weighted by molar-refractivity contribution is 0.655. The Morgan fingerprint density at radius 3 is 1.39 bits per heavy atom. The van der Waals surface area contributed by atoms with E-state index in [9.17, 15) is 0 Å². The third-order valence-electron chi connectivity index (χ3n) is 24.6. The van der Waals surface area contributed by atoms with Crippen molar-refractivity contribution in [3.8, 4) is 44.5 Å². The van der Waals surface area contributed by atoms with Crippen LogP contribution < -0.4 is 0 Å². The second kappa shape index (κ2) is 35.3. The van der Waals surface area contributed by atoms with Crippen molar-refractivity contribution in [1.29, 1.82) is 0 Å². The summed E-state index contributed by atoms with van der Waals surface area (Å²) in [6, 6.07) is 96.1. The summed E-state index contributed by atoms with van der Waals surface area (Å²) in [6.45, 7) is 37.3. The summed E-state index contributed by atoms with van der Waals surface area (Å²) < 4.78 is 5.71. The first kappa shape index (κ1) is 83.3. The van der Waals surface area contributed by atoms with E-state index in [2.05, 4.69) is 318 Å². The zero-order valence-corrected chi connectivity index (χ0v) is 73.2. The highest BCUT2D eigenvalue weighted by atomic mass is 16.3. The van der Waals surface area contributed by atoms with Crippen molar-refractivity contribution in [1.82, 2.24) is 39.9 Å². The van der Waals surface area contributed by atoms with Crippen LogP contribution in [-0.4, -0.2) is 39.9 Å². The van der Waals surface area contributed by atoms with Crippen LogP contribution in [0.4, 0.5) is 0 Å². The largest absolute Gasteiger partial charge is 0.456 e. The lowest BCUT2D eigenvalue weighted by Gasteiger charge is -2.23. The fraction of sp³-hybridized carbons (Fsp3) is 0.186. The Morgan fingerprint density at radius 2 is 0.697 bits per heavy atom. The second-order valence-electron chi connectivity index (χ2n) is 34.3. The zero-order valence-electron chi connectivity index (χ0n) is 73.2. The second-order valence-corrected chi connectivity index (χ2v) is 34.3. The van der Waals surface area contributed by atoms with Crippen LogP contribution in [0.2, 0.25) is 0 Å². The quantitative estimate of drug-likeness (QED) is 0.146. The molecule has 10 aromatic carbocycles. The fourth-order valence-electron chi connectivity index (χ4n) is 18.2. The van der Waals surface area contributed by atoms with E-state index in [1.54, 1.807) is 43.4 Å². The molecule has 604 valence electrons. The molecule has 0 fully saturated rings. The first-order chi connectivity index (χ1) is 58.8. The van der Waals surface area contributed by atoms with Gasteiger partial charge in [0.05, 0.1) is 16.7 Å². The van der Waals surface area contributed by atoms with Crippen molar-refractivity contribution >= 4 is 65.3 Å². The number of rotatable bonds is 0. The molecule has 9 heteroatoms. The molecule has 0 radical (unpaired) electrons. The molecule has 4 aliphatic carbocycles. The van der Waals surface area contributed by atoms with Crippen LogP contribution in [0, 0.1) is 62.3 Å². The van der Waals surface area contributed by atoms with Crippen LogP contribution in [0.25, 0.3) is 110 Å². The maximum atomic E-state index is 5.71. The molecule has 19 aromatic rings. The number of benzene rings is 10. The molecule has 9 aromatic heterocycles. The Bertz CT molecular complexity index is 6700. The van der Waals surface area contributed by atoms with E-state index in [0.717, 1.165) is 66.5 Å². The summed E-state index contributed by atoms with van der Waals surface area (Å²) in [4.78, 5) is 33.1. The van der Waals surface area contributed by atoms with Gasteiger partial charge in [-0.1, -0.05) is 272 Å². The van der Waals surface area contributed by atoms with Gasteiger partial charge in [-0.15, -0.1) is 0 Å². The molecular formula is C113H106N8O. The normalized spacial score (nSPS) is 13.2. The minimum atomic E-state index is 0.150. The Labute approximate surface area is 718 Å². The molecule has 0 amide bonds. The Morgan fingerprint density at radius 1 is 0.238 bits per heavy atom. The van der Waals surface area contributed by atoms with Crippen molar-refractivity contribution in [2.45, 2.75) is 139 Å². The van der Waals surface area contributed by atoms with Crippen LogP contribution in [0.15, 0.2) is 339 Å². The van der Waals surface area contributed by atoms with Gasteiger partial charge in [-0.05, 0) is 241 Å². The third kappa shape index (κ3) is 16.9. The molecule has 122 heavy (non-hydrogen) atoms. The summed E-state index contributed by atoms with van der Waals surface area (Å²) in [5, 5.41) is 9.37. The van der Waals surface area contributed by atoms with Crippen molar-refractivity contribution in [2.75, 3.05) is 0 Å². The standard InChI is InChI=1S/4C16H16.C13H10O.4C9H8N2/c1-11-7-6-9-13-12-8-4-5-10-14(12)16(2,3)15(11)13;1-11-7-6-10-14-15(11)12-8-4-5-9-13(12)16(14,2)3;1-11-8-9-15-13(10-11)12-6-4-5-7-14(12)16(15,2)3;1-11-8-9-13-12-6-4-5-7-14(12)16(2,3)15(13)10-11;1-9-6-7-13-11(8-9)10-4-2-3-5-12(10)14-13;1-7-9-3-4-10-6-8(9)2-5-11-7;1-7-9-6-10-4-2-8(9)3-5-11-7;1-7-8-3-2-5-11-9(8)4-6-10-7;1-7-9-8(4-6-10-7)3-2-5-11-9/h4*4-10H,1-3H3;2-8H,1H3;4*2-6H,1H3. The van der Waals surface area contributed by atoms with E-state index in [1.165, 1.54) is 138 Å². The summed E-state index contributed by atoms with van der Waals surface area (Å²) in [6.07, 6.45) is 18.1. The summed E-state index contributed by atoms with van der Waals surface area (Å²) in [5.74, 6) is 0. The molecule has 9 nitrogen and oxygen atoms in total. The molecule has 9 heterocycles. The van der Waals surface area contributed by atoms with Crippen LogP contribution >= 0.6 is 0 Å². The van der Waals surface area contributed by atoms with Gasteiger partial charge < -0.3 is 4.42 Å². The summed E-state index contributed by atoms with van der Waals surface area (Å²) >= 11 is 0. The van der Waals surface area contributed by atoms with Crippen molar-refractivity contribution in [3.05, 3.63) is 430 Å². The van der Waals surface area contributed by atoms with E-state index >= 15 is 0 Å². The minimum Gasteiger partial charge on any atom is -0.456 e. The number of pyridine rings is 8. The summed E-state index contributed by atoms with van der Waals surface area (Å²) in [5.41, 5.74) is 38.5. The highest BCUT2D eigenvalue weighted by Crippen LogP contribution is 2.53. The van der Waals surface area contributed by atoms with Crippen LogP contribution in [0.1, 0.15) is 150 Å². The highest BCUT2D eigenvalue weighted by Gasteiger charge is 2.39. The maximum absolute atomic E-state index is 5.71. The van der Waals surface area contributed by atoms with Crippen LogP contribution in [0.5, 0.6) is 0 Å². The number of para-hydroxylation sites is 1. The predicted molar refractivity (Wildman–Crippen MR) is 511 cm³/mol. The van der Waals surface area contributed by atoms with Gasteiger partial charge in [0, 0.05) is 138 Å². The fourth-order valence-corrected chi connectivity index (χ4v) is 18.2. The molecule has 23 rings (SSSR count). The molecular weight excluding hydrogens is 1490 g/mol. The molecule has 0 atom stereocenters. The molecule has 0 saturated carbocycles. The number of hydrogen-bond acceptors (Lipinski definition) is 9.